The highest BCUT2D eigenvalue weighted by atomic mass is 79.9. The molecule has 18 heavy (non-hydrogen) atoms. The standard InChI is InChI=1S/C13H14Br2N2O/c1-9-13(15)12(17(2)16-9)8-18-11-5-3-10(7-14)4-6-11/h3-6H,7-8H2,1-2H3. The van der Waals surface area contributed by atoms with Crippen LogP contribution in [-0.4, -0.2) is 9.78 Å². The van der Waals surface area contributed by atoms with Crippen molar-refractivity contribution < 1.29 is 4.74 Å². The number of alkyl halides is 1. The van der Waals surface area contributed by atoms with E-state index in [4.69, 9.17) is 4.74 Å². The first-order valence-corrected chi connectivity index (χ1v) is 7.49. The van der Waals surface area contributed by atoms with Gasteiger partial charge in [0.05, 0.1) is 15.9 Å². The van der Waals surface area contributed by atoms with E-state index in [1.807, 2.05) is 42.9 Å². The number of ether oxygens (including phenoxy) is 1. The molecule has 0 aliphatic carbocycles. The highest BCUT2D eigenvalue weighted by Crippen LogP contribution is 2.22. The molecule has 0 saturated carbocycles. The highest BCUT2D eigenvalue weighted by Gasteiger charge is 2.10. The maximum absolute atomic E-state index is 5.76. The van der Waals surface area contributed by atoms with Crippen molar-refractivity contribution in [1.29, 1.82) is 0 Å². The third-order valence-corrected chi connectivity index (χ3v) is 4.39. The molecule has 2 aromatic rings. The normalized spacial score (nSPS) is 10.7. The number of hydrogen-bond donors (Lipinski definition) is 0. The quantitative estimate of drug-likeness (QED) is 0.758. The van der Waals surface area contributed by atoms with Gasteiger partial charge in [-0.25, -0.2) is 0 Å². The summed E-state index contributed by atoms with van der Waals surface area (Å²) in [5.74, 6) is 0.866. The fourth-order valence-electron chi connectivity index (χ4n) is 1.66. The van der Waals surface area contributed by atoms with Crippen molar-refractivity contribution in [2.24, 2.45) is 7.05 Å². The van der Waals surface area contributed by atoms with Crippen LogP contribution >= 0.6 is 31.9 Å². The summed E-state index contributed by atoms with van der Waals surface area (Å²) in [5, 5.41) is 5.19. The Kier molecular flexibility index (Phi) is 4.45. The topological polar surface area (TPSA) is 27.1 Å². The molecule has 0 atom stereocenters. The van der Waals surface area contributed by atoms with Gasteiger partial charge in [0.15, 0.2) is 0 Å². The Hall–Kier alpha value is -0.810. The summed E-state index contributed by atoms with van der Waals surface area (Å²) in [6.07, 6.45) is 0. The molecule has 1 aromatic carbocycles. The third kappa shape index (κ3) is 2.95. The minimum Gasteiger partial charge on any atom is -0.487 e. The number of benzene rings is 1. The van der Waals surface area contributed by atoms with Crippen molar-refractivity contribution in [2.75, 3.05) is 0 Å². The SMILES string of the molecule is Cc1nn(C)c(COc2ccc(CBr)cc2)c1Br. The van der Waals surface area contributed by atoms with Crippen LogP contribution < -0.4 is 4.74 Å². The Morgan fingerprint density at radius 2 is 1.94 bits per heavy atom. The predicted molar refractivity (Wildman–Crippen MR) is 79.1 cm³/mol. The van der Waals surface area contributed by atoms with Gasteiger partial charge >= 0.3 is 0 Å². The lowest BCUT2D eigenvalue weighted by Crippen LogP contribution is -2.03. The van der Waals surface area contributed by atoms with Crippen molar-refractivity contribution in [3.63, 3.8) is 0 Å². The maximum atomic E-state index is 5.76. The Bertz CT molecular complexity index is 535. The van der Waals surface area contributed by atoms with Gasteiger partial charge in [-0.3, -0.25) is 4.68 Å². The summed E-state index contributed by atoms with van der Waals surface area (Å²) in [5.41, 5.74) is 3.25. The van der Waals surface area contributed by atoms with E-state index in [0.717, 1.165) is 26.9 Å². The van der Waals surface area contributed by atoms with Gasteiger partial charge in [-0.2, -0.15) is 5.10 Å². The second kappa shape index (κ2) is 5.89. The molecule has 96 valence electrons. The molecule has 0 aliphatic heterocycles. The van der Waals surface area contributed by atoms with Crippen molar-refractivity contribution in [2.45, 2.75) is 18.9 Å². The van der Waals surface area contributed by atoms with E-state index in [-0.39, 0.29) is 0 Å². The van der Waals surface area contributed by atoms with E-state index in [0.29, 0.717) is 6.61 Å². The first-order valence-electron chi connectivity index (χ1n) is 5.57. The van der Waals surface area contributed by atoms with Gasteiger partial charge in [0.25, 0.3) is 0 Å². The van der Waals surface area contributed by atoms with Crippen LogP contribution in [-0.2, 0) is 19.0 Å². The number of aromatic nitrogens is 2. The van der Waals surface area contributed by atoms with Gasteiger partial charge in [-0.15, -0.1) is 0 Å². The van der Waals surface area contributed by atoms with E-state index in [9.17, 15) is 0 Å². The van der Waals surface area contributed by atoms with Crippen LogP contribution in [0.15, 0.2) is 28.7 Å². The van der Waals surface area contributed by atoms with E-state index in [1.54, 1.807) is 0 Å². The Morgan fingerprint density at radius 1 is 1.28 bits per heavy atom. The lowest BCUT2D eigenvalue weighted by molar-refractivity contribution is 0.294. The molecule has 0 spiro atoms. The largest absolute Gasteiger partial charge is 0.487 e. The Balaban J connectivity index is 2.06. The zero-order chi connectivity index (χ0) is 13.1. The van der Waals surface area contributed by atoms with Crippen molar-refractivity contribution in [1.82, 2.24) is 9.78 Å². The summed E-state index contributed by atoms with van der Waals surface area (Å²) < 4.78 is 8.62. The minimum absolute atomic E-state index is 0.506. The Labute approximate surface area is 123 Å². The number of rotatable bonds is 4. The van der Waals surface area contributed by atoms with Crippen LogP contribution in [0.25, 0.3) is 0 Å². The van der Waals surface area contributed by atoms with Gasteiger partial charge in [-0.1, -0.05) is 28.1 Å². The fraction of sp³-hybridized carbons (Fsp3) is 0.308. The first kappa shape index (κ1) is 13.6. The smallest absolute Gasteiger partial charge is 0.131 e. The second-order valence-electron chi connectivity index (χ2n) is 4.04. The molecule has 0 saturated heterocycles. The molecule has 0 bridgehead atoms. The lowest BCUT2D eigenvalue weighted by atomic mass is 10.2. The summed E-state index contributed by atoms with van der Waals surface area (Å²) in [6.45, 7) is 2.48. The van der Waals surface area contributed by atoms with E-state index < -0.39 is 0 Å². The third-order valence-electron chi connectivity index (χ3n) is 2.71. The fourth-order valence-corrected chi connectivity index (χ4v) is 2.49. The monoisotopic (exact) mass is 372 g/mol. The van der Waals surface area contributed by atoms with Crippen LogP contribution in [0.4, 0.5) is 0 Å². The molecule has 1 aromatic heterocycles. The van der Waals surface area contributed by atoms with Gasteiger partial charge in [0.1, 0.15) is 12.4 Å². The van der Waals surface area contributed by atoms with E-state index in [1.165, 1.54) is 5.56 Å². The molecule has 5 heteroatoms. The number of hydrogen-bond acceptors (Lipinski definition) is 2. The molecule has 0 N–H and O–H groups in total. The molecule has 0 fully saturated rings. The zero-order valence-corrected chi connectivity index (χ0v) is 13.5. The summed E-state index contributed by atoms with van der Waals surface area (Å²) >= 11 is 6.95. The van der Waals surface area contributed by atoms with Crippen molar-refractivity contribution in [3.05, 3.63) is 45.7 Å². The van der Waals surface area contributed by atoms with Gasteiger partial charge in [-0.05, 0) is 40.5 Å². The molecule has 1 heterocycles. The van der Waals surface area contributed by atoms with Gasteiger partial charge in [0, 0.05) is 12.4 Å². The van der Waals surface area contributed by atoms with Crippen molar-refractivity contribution >= 4 is 31.9 Å². The van der Waals surface area contributed by atoms with Crippen LogP contribution in [0.3, 0.4) is 0 Å². The van der Waals surface area contributed by atoms with E-state index in [2.05, 4.69) is 37.0 Å². The first-order chi connectivity index (χ1) is 8.61. The Morgan fingerprint density at radius 3 is 2.44 bits per heavy atom. The molecule has 0 unspecified atom stereocenters. The molecular formula is C13H14Br2N2O. The average Bonchev–Trinajstić information content (AvgIpc) is 2.62. The number of nitrogens with zero attached hydrogens (tertiary/aromatic N) is 2. The molecule has 3 nitrogen and oxygen atoms in total. The summed E-state index contributed by atoms with van der Waals surface area (Å²) in [6, 6.07) is 8.06. The summed E-state index contributed by atoms with van der Waals surface area (Å²) in [7, 11) is 1.92. The zero-order valence-electron chi connectivity index (χ0n) is 10.3. The molecule has 2 rings (SSSR count). The van der Waals surface area contributed by atoms with Crippen LogP contribution in [0.5, 0.6) is 5.75 Å². The molecule has 0 radical (unpaired) electrons. The van der Waals surface area contributed by atoms with Crippen molar-refractivity contribution in [3.8, 4) is 5.75 Å². The van der Waals surface area contributed by atoms with Gasteiger partial charge < -0.3 is 4.74 Å². The molecule has 0 amide bonds. The average molecular weight is 374 g/mol. The summed E-state index contributed by atoms with van der Waals surface area (Å²) in [4.78, 5) is 0. The number of aryl methyl sites for hydroxylation is 2. The van der Waals surface area contributed by atoms with Crippen LogP contribution in [0.2, 0.25) is 0 Å². The lowest BCUT2D eigenvalue weighted by Gasteiger charge is -2.07. The molecule has 0 aliphatic rings. The predicted octanol–water partition coefficient (Wildman–Crippen LogP) is 3.96. The van der Waals surface area contributed by atoms with Gasteiger partial charge in [0.2, 0.25) is 0 Å². The molecular weight excluding hydrogens is 360 g/mol. The highest BCUT2D eigenvalue weighted by molar-refractivity contribution is 9.10. The number of halogens is 2. The van der Waals surface area contributed by atoms with E-state index >= 15 is 0 Å². The minimum atomic E-state index is 0.506. The van der Waals surface area contributed by atoms with Crippen LogP contribution in [0, 0.1) is 6.92 Å². The maximum Gasteiger partial charge on any atom is 0.131 e. The van der Waals surface area contributed by atoms with Crippen LogP contribution in [0.1, 0.15) is 17.0 Å². The second-order valence-corrected chi connectivity index (χ2v) is 5.39.